The number of benzene rings is 3. The number of esters is 1. The van der Waals surface area contributed by atoms with E-state index in [-0.39, 0.29) is 23.8 Å². The number of anilines is 1. The van der Waals surface area contributed by atoms with Crippen LogP contribution in [0.25, 0.3) is 0 Å². The van der Waals surface area contributed by atoms with E-state index in [1.807, 2.05) is 31.2 Å². The zero-order valence-corrected chi connectivity index (χ0v) is 18.9. The fourth-order valence-corrected chi connectivity index (χ4v) is 3.15. The standard InChI is InChI=1S/C23H19BrClN3O3/c1-15-6-9-18(10-7-15)26-14-22(29)28-27-13-16-12-17(24)8-11-21(16)31-23(30)19-4-2-3-5-20(19)25/h2-13,26H,14H2,1H3,(H,28,29)/b27-13-. The minimum Gasteiger partial charge on any atom is -0.422 e. The van der Waals surface area contributed by atoms with Gasteiger partial charge in [-0.05, 0) is 49.4 Å². The number of aryl methyl sites for hydroxylation is 1. The second-order valence-corrected chi connectivity index (χ2v) is 7.89. The SMILES string of the molecule is Cc1ccc(NCC(=O)N/N=C\c2cc(Br)ccc2OC(=O)c2ccccc2Cl)cc1. The Kier molecular flexibility index (Phi) is 7.81. The van der Waals surface area contributed by atoms with E-state index < -0.39 is 5.97 Å². The van der Waals surface area contributed by atoms with Crippen molar-refractivity contribution in [1.29, 1.82) is 0 Å². The average Bonchev–Trinajstić information content (AvgIpc) is 2.75. The minimum absolute atomic E-state index is 0.0627. The number of nitrogens with zero attached hydrogens (tertiary/aromatic N) is 1. The maximum absolute atomic E-state index is 12.5. The van der Waals surface area contributed by atoms with Crippen molar-refractivity contribution in [2.45, 2.75) is 6.92 Å². The van der Waals surface area contributed by atoms with Gasteiger partial charge in [-0.2, -0.15) is 5.10 Å². The van der Waals surface area contributed by atoms with E-state index in [9.17, 15) is 9.59 Å². The quantitative estimate of drug-likeness (QED) is 0.202. The summed E-state index contributed by atoms with van der Waals surface area (Å²) in [6, 6.07) is 19.4. The molecule has 0 bridgehead atoms. The molecule has 0 aliphatic rings. The fraction of sp³-hybridized carbons (Fsp3) is 0.0870. The van der Waals surface area contributed by atoms with E-state index in [1.165, 1.54) is 6.21 Å². The Morgan fingerprint density at radius 1 is 1.10 bits per heavy atom. The molecule has 0 unspecified atom stereocenters. The molecular weight excluding hydrogens is 482 g/mol. The number of carbonyl (C=O) groups excluding carboxylic acids is 2. The molecule has 3 aromatic carbocycles. The zero-order chi connectivity index (χ0) is 22.2. The number of ether oxygens (including phenoxy) is 1. The number of hydrazone groups is 1. The largest absolute Gasteiger partial charge is 0.422 e. The first-order valence-electron chi connectivity index (χ1n) is 9.31. The molecule has 6 nitrogen and oxygen atoms in total. The van der Waals surface area contributed by atoms with Crippen LogP contribution >= 0.6 is 27.5 Å². The highest BCUT2D eigenvalue weighted by molar-refractivity contribution is 9.10. The molecule has 31 heavy (non-hydrogen) atoms. The van der Waals surface area contributed by atoms with Crippen LogP contribution in [-0.2, 0) is 4.79 Å². The summed E-state index contributed by atoms with van der Waals surface area (Å²) in [5, 5.41) is 7.28. The third kappa shape index (κ3) is 6.67. The molecule has 0 fully saturated rings. The topological polar surface area (TPSA) is 79.8 Å². The Balaban J connectivity index is 1.62. The molecule has 8 heteroatoms. The van der Waals surface area contributed by atoms with E-state index >= 15 is 0 Å². The van der Waals surface area contributed by atoms with Crippen molar-refractivity contribution >= 4 is 51.3 Å². The number of halogens is 2. The lowest BCUT2D eigenvalue weighted by Gasteiger charge is -2.09. The third-order valence-electron chi connectivity index (χ3n) is 4.17. The molecule has 158 valence electrons. The van der Waals surface area contributed by atoms with Crippen LogP contribution in [-0.4, -0.2) is 24.6 Å². The van der Waals surface area contributed by atoms with Gasteiger partial charge in [0.05, 0.1) is 23.3 Å². The number of hydrogen-bond donors (Lipinski definition) is 2. The van der Waals surface area contributed by atoms with Crippen LogP contribution in [0.2, 0.25) is 5.02 Å². The highest BCUT2D eigenvalue weighted by atomic mass is 79.9. The molecular formula is C23H19BrClN3O3. The van der Waals surface area contributed by atoms with E-state index in [0.29, 0.717) is 10.6 Å². The summed E-state index contributed by atoms with van der Waals surface area (Å²) < 4.78 is 6.24. The van der Waals surface area contributed by atoms with Gasteiger partial charge in [0.1, 0.15) is 5.75 Å². The van der Waals surface area contributed by atoms with Crippen LogP contribution in [0.4, 0.5) is 5.69 Å². The Morgan fingerprint density at radius 3 is 2.58 bits per heavy atom. The monoisotopic (exact) mass is 499 g/mol. The Labute approximate surface area is 193 Å². The van der Waals surface area contributed by atoms with Gasteiger partial charge in [0.2, 0.25) is 0 Å². The number of rotatable bonds is 7. The van der Waals surface area contributed by atoms with Gasteiger partial charge in [-0.25, -0.2) is 10.2 Å². The lowest BCUT2D eigenvalue weighted by atomic mass is 10.2. The van der Waals surface area contributed by atoms with Crippen LogP contribution in [0.15, 0.2) is 76.3 Å². The smallest absolute Gasteiger partial charge is 0.345 e. The highest BCUT2D eigenvalue weighted by Crippen LogP contribution is 2.24. The van der Waals surface area contributed by atoms with Crippen LogP contribution in [0, 0.1) is 6.92 Å². The van der Waals surface area contributed by atoms with Crippen molar-refractivity contribution in [1.82, 2.24) is 5.43 Å². The van der Waals surface area contributed by atoms with E-state index in [0.717, 1.165) is 15.7 Å². The lowest BCUT2D eigenvalue weighted by molar-refractivity contribution is -0.119. The summed E-state index contributed by atoms with van der Waals surface area (Å²) in [6.45, 7) is 2.06. The Bertz CT molecular complexity index is 1120. The van der Waals surface area contributed by atoms with E-state index in [1.54, 1.807) is 42.5 Å². The molecule has 0 saturated heterocycles. The van der Waals surface area contributed by atoms with Gasteiger partial charge >= 0.3 is 5.97 Å². The van der Waals surface area contributed by atoms with Gasteiger partial charge in [0.25, 0.3) is 5.91 Å². The van der Waals surface area contributed by atoms with Gasteiger partial charge in [-0.1, -0.05) is 57.4 Å². The van der Waals surface area contributed by atoms with E-state index in [4.69, 9.17) is 16.3 Å². The Hall–Kier alpha value is -3.16. The van der Waals surface area contributed by atoms with Crippen LogP contribution in [0.1, 0.15) is 21.5 Å². The second-order valence-electron chi connectivity index (χ2n) is 6.56. The van der Waals surface area contributed by atoms with Gasteiger partial charge in [-0.15, -0.1) is 0 Å². The first kappa shape index (κ1) is 22.5. The van der Waals surface area contributed by atoms with Crippen molar-refractivity contribution in [3.05, 3.63) is 92.9 Å². The molecule has 0 heterocycles. The van der Waals surface area contributed by atoms with Crippen molar-refractivity contribution in [2.24, 2.45) is 5.10 Å². The molecule has 3 aromatic rings. The second kappa shape index (κ2) is 10.7. The minimum atomic E-state index is -0.589. The lowest BCUT2D eigenvalue weighted by Crippen LogP contribution is -2.25. The summed E-state index contributed by atoms with van der Waals surface area (Å²) in [5.74, 6) is -0.626. The molecule has 0 aromatic heterocycles. The molecule has 0 spiro atoms. The fourth-order valence-electron chi connectivity index (χ4n) is 2.56. The van der Waals surface area contributed by atoms with Crippen LogP contribution in [0.3, 0.4) is 0 Å². The predicted octanol–water partition coefficient (Wildman–Crippen LogP) is 5.19. The average molecular weight is 501 g/mol. The van der Waals surface area contributed by atoms with Crippen molar-refractivity contribution in [3.8, 4) is 5.75 Å². The van der Waals surface area contributed by atoms with E-state index in [2.05, 4.69) is 31.8 Å². The van der Waals surface area contributed by atoms with Gasteiger partial charge in [-0.3, -0.25) is 4.79 Å². The number of carbonyl (C=O) groups is 2. The number of amides is 1. The number of nitrogens with one attached hydrogen (secondary N) is 2. The maximum atomic E-state index is 12.5. The summed E-state index contributed by atoms with van der Waals surface area (Å²) in [4.78, 5) is 24.5. The molecule has 0 aliphatic heterocycles. The van der Waals surface area contributed by atoms with Gasteiger partial charge in [0, 0.05) is 15.7 Å². The molecule has 0 atom stereocenters. The first-order chi connectivity index (χ1) is 14.9. The zero-order valence-electron chi connectivity index (χ0n) is 16.6. The summed E-state index contributed by atoms with van der Waals surface area (Å²) in [7, 11) is 0. The van der Waals surface area contributed by atoms with Crippen molar-refractivity contribution < 1.29 is 14.3 Å². The molecule has 1 amide bonds. The van der Waals surface area contributed by atoms with Gasteiger partial charge in [0.15, 0.2) is 0 Å². The molecule has 2 N–H and O–H groups in total. The maximum Gasteiger partial charge on any atom is 0.345 e. The van der Waals surface area contributed by atoms with Crippen LogP contribution in [0.5, 0.6) is 5.75 Å². The van der Waals surface area contributed by atoms with Gasteiger partial charge < -0.3 is 10.1 Å². The molecule has 3 rings (SSSR count). The molecule has 0 radical (unpaired) electrons. The normalized spacial score (nSPS) is 10.7. The molecule has 0 aliphatic carbocycles. The third-order valence-corrected chi connectivity index (χ3v) is 4.99. The summed E-state index contributed by atoms with van der Waals surface area (Å²) in [6.07, 6.45) is 1.41. The highest BCUT2D eigenvalue weighted by Gasteiger charge is 2.14. The molecule has 0 saturated carbocycles. The summed E-state index contributed by atoms with van der Waals surface area (Å²) >= 11 is 9.44. The predicted molar refractivity (Wildman–Crippen MR) is 126 cm³/mol. The first-order valence-corrected chi connectivity index (χ1v) is 10.5. The van der Waals surface area contributed by atoms with Crippen molar-refractivity contribution in [2.75, 3.05) is 11.9 Å². The van der Waals surface area contributed by atoms with Crippen LogP contribution < -0.4 is 15.5 Å². The number of hydrogen-bond acceptors (Lipinski definition) is 5. The van der Waals surface area contributed by atoms with Crippen molar-refractivity contribution in [3.63, 3.8) is 0 Å². The Morgan fingerprint density at radius 2 is 1.84 bits per heavy atom. The summed E-state index contributed by atoms with van der Waals surface area (Å²) in [5.41, 5.74) is 5.18.